The number of para-hydroxylation sites is 2. The van der Waals surface area contributed by atoms with Crippen LogP contribution in [-0.4, -0.2) is 19.6 Å². The predicted molar refractivity (Wildman–Crippen MR) is 97.0 cm³/mol. The van der Waals surface area contributed by atoms with E-state index in [1.165, 1.54) is 0 Å². The molecule has 0 saturated carbocycles. The standard InChI is InChI=1S/C20H14N4O/c1-13-22-23-19-20(21-16-10-4-5-11-17(16)24(13)19)25-18-12-6-8-14-7-2-3-9-15(14)18/h2-12H,1H3. The first-order valence-corrected chi connectivity index (χ1v) is 8.07. The summed E-state index contributed by atoms with van der Waals surface area (Å²) in [5.74, 6) is 2.01. The molecular formula is C20H14N4O. The molecule has 3 aromatic carbocycles. The molecule has 0 fully saturated rings. The van der Waals surface area contributed by atoms with Gasteiger partial charge in [0.15, 0.2) is 0 Å². The molecule has 0 atom stereocenters. The third kappa shape index (κ3) is 2.13. The molecule has 5 rings (SSSR count). The monoisotopic (exact) mass is 326 g/mol. The Morgan fingerprint density at radius 1 is 0.840 bits per heavy atom. The molecule has 0 saturated heterocycles. The molecule has 0 spiro atoms. The van der Waals surface area contributed by atoms with Gasteiger partial charge >= 0.3 is 0 Å². The van der Waals surface area contributed by atoms with Crippen LogP contribution in [0.15, 0.2) is 66.7 Å². The lowest BCUT2D eigenvalue weighted by Gasteiger charge is -2.10. The van der Waals surface area contributed by atoms with Gasteiger partial charge in [-0.2, -0.15) is 0 Å². The molecule has 25 heavy (non-hydrogen) atoms. The van der Waals surface area contributed by atoms with E-state index in [1.807, 2.05) is 65.9 Å². The summed E-state index contributed by atoms with van der Waals surface area (Å²) < 4.78 is 8.17. The predicted octanol–water partition coefficient (Wildman–Crippen LogP) is 4.53. The number of nitrogens with zero attached hydrogens (tertiary/aromatic N) is 4. The topological polar surface area (TPSA) is 52.3 Å². The van der Waals surface area contributed by atoms with Crippen LogP contribution in [0.1, 0.15) is 5.82 Å². The average Bonchev–Trinajstić information content (AvgIpc) is 3.05. The summed E-state index contributed by atoms with van der Waals surface area (Å²) in [4.78, 5) is 4.67. The molecule has 5 heteroatoms. The fourth-order valence-corrected chi connectivity index (χ4v) is 3.15. The van der Waals surface area contributed by atoms with Crippen molar-refractivity contribution >= 4 is 27.5 Å². The average molecular weight is 326 g/mol. The summed E-state index contributed by atoms with van der Waals surface area (Å²) in [6.07, 6.45) is 0. The zero-order valence-corrected chi connectivity index (χ0v) is 13.5. The lowest BCUT2D eigenvalue weighted by atomic mass is 10.1. The van der Waals surface area contributed by atoms with E-state index in [-0.39, 0.29) is 0 Å². The van der Waals surface area contributed by atoms with Gasteiger partial charge in [0.2, 0.25) is 5.65 Å². The number of ether oxygens (including phenoxy) is 1. The largest absolute Gasteiger partial charge is 0.435 e. The van der Waals surface area contributed by atoms with Crippen LogP contribution in [0.3, 0.4) is 0 Å². The Kier molecular flexibility index (Phi) is 2.94. The summed E-state index contributed by atoms with van der Waals surface area (Å²) in [5, 5.41) is 10.6. The summed E-state index contributed by atoms with van der Waals surface area (Å²) in [6.45, 7) is 1.92. The van der Waals surface area contributed by atoms with E-state index in [0.717, 1.165) is 33.4 Å². The number of aryl methyl sites for hydroxylation is 1. The van der Waals surface area contributed by atoms with E-state index < -0.39 is 0 Å². The molecule has 5 aromatic rings. The van der Waals surface area contributed by atoms with Crippen LogP contribution in [0.2, 0.25) is 0 Å². The summed E-state index contributed by atoms with van der Waals surface area (Å²) in [6, 6.07) is 22.0. The van der Waals surface area contributed by atoms with Gasteiger partial charge in [0.25, 0.3) is 5.88 Å². The normalized spacial score (nSPS) is 11.4. The first kappa shape index (κ1) is 13.9. The van der Waals surface area contributed by atoms with Gasteiger partial charge in [-0.3, -0.25) is 4.40 Å². The van der Waals surface area contributed by atoms with Gasteiger partial charge in [-0.25, -0.2) is 4.98 Å². The maximum absolute atomic E-state index is 6.19. The molecule has 0 radical (unpaired) electrons. The number of hydrogen-bond donors (Lipinski definition) is 0. The van der Waals surface area contributed by atoms with Crippen molar-refractivity contribution in [3.63, 3.8) is 0 Å². The zero-order valence-electron chi connectivity index (χ0n) is 13.5. The first-order chi connectivity index (χ1) is 12.3. The minimum absolute atomic E-state index is 0.454. The Balaban J connectivity index is 1.77. The smallest absolute Gasteiger partial charge is 0.266 e. The Bertz CT molecular complexity index is 1240. The molecule has 2 heterocycles. The maximum atomic E-state index is 6.19. The van der Waals surface area contributed by atoms with E-state index in [1.54, 1.807) is 0 Å². The van der Waals surface area contributed by atoms with Gasteiger partial charge in [0, 0.05) is 5.39 Å². The second kappa shape index (κ2) is 5.27. The van der Waals surface area contributed by atoms with Crippen molar-refractivity contribution in [2.75, 3.05) is 0 Å². The van der Waals surface area contributed by atoms with Crippen LogP contribution >= 0.6 is 0 Å². The van der Waals surface area contributed by atoms with Crippen LogP contribution in [-0.2, 0) is 0 Å². The van der Waals surface area contributed by atoms with Crippen molar-refractivity contribution in [1.29, 1.82) is 0 Å². The molecular weight excluding hydrogens is 312 g/mol. The van der Waals surface area contributed by atoms with Crippen LogP contribution in [0.25, 0.3) is 27.5 Å². The number of benzene rings is 3. The van der Waals surface area contributed by atoms with E-state index in [2.05, 4.69) is 27.3 Å². The van der Waals surface area contributed by atoms with Gasteiger partial charge in [-0.15, -0.1) is 10.2 Å². The third-order valence-corrected chi connectivity index (χ3v) is 4.32. The minimum Gasteiger partial charge on any atom is -0.435 e. The molecule has 0 bridgehead atoms. The van der Waals surface area contributed by atoms with E-state index in [9.17, 15) is 0 Å². The minimum atomic E-state index is 0.454. The fraction of sp³-hybridized carbons (Fsp3) is 0.0500. The summed E-state index contributed by atoms with van der Waals surface area (Å²) in [7, 11) is 0. The lowest BCUT2D eigenvalue weighted by molar-refractivity contribution is 0.472. The van der Waals surface area contributed by atoms with Crippen LogP contribution in [0.5, 0.6) is 11.6 Å². The molecule has 2 aromatic heterocycles. The highest BCUT2D eigenvalue weighted by molar-refractivity contribution is 5.89. The van der Waals surface area contributed by atoms with Crippen LogP contribution in [0, 0.1) is 6.92 Å². The molecule has 0 amide bonds. The Hall–Kier alpha value is -3.47. The highest BCUT2D eigenvalue weighted by atomic mass is 16.5. The fourth-order valence-electron chi connectivity index (χ4n) is 3.15. The molecule has 0 unspecified atom stereocenters. The first-order valence-electron chi connectivity index (χ1n) is 8.07. The maximum Gasteiger partial charge on any atom is 0.266 e. The van der Waals surface area contributed by atoms with Crippen LogP contribution in [0.4, 0.5) is 0 Å². The van der Waals surface area contributed by atoms with Crippen molar-refractivity contribution < 1.29 is 4.74 Å². The SMILES string of the molecule is Cc1nnc2c(Oc3cccc4ccccc34)nc3ccccc3n12. The van der Waals surface area contributed by atoms with Crippen molar-refractivity contribution in [1.82, 2.24) is 19.6 Å². The highest BCUT2D eigenvalue weighted by Gasteiger charge is 2.15. The van der Waals surface area contributed by atoms with Gasteiger partial charge < -0.3 is 4.74 Å². The Morgan fingerprint density at radius 2 is 1.64 bits per heavy atom. The molecule has 0 N–H and O–H groups in total. The van der Waals surface area contributed by atoms with Gasteiger partial charge in [0.1, 0.15) is 11.6 Å². The third-order valence-electron chi connectivity index (χ3n) is 4.32. The van der Waals surface area contributed by atoms with E-state index in [0.29, 0.717) is 11.5 Å². The lowest BCUT2D eigenvalue weighted by Crippen LogP contribution is -1.98. The van der Waals surface area contributed by atoms with Crippen molar-refractivity contribution in [3.05, 3.63) is 72.6 Å². The molecule has 120 valence electrons. The Morgan fingerprint density at radius 3 is 2.60 bits per heavy atom. The van der Waals surface area contributed by atoms with Crippen LogP contribution < -0.4 is 4.74 Å². The zero-order chi connectivity index (χ0) is 16.8. The van der Waals surface area contributed by atoms with Gasteiger partial charge in [-0.1, -0.05) is 48.5 Å². The van der Waals surface area contributed by atoms with E-state index in [4.69, 9.17) is 4.74 Å². The summed E-state index contributed by atoms with van der Waals surface area (Å²) in [5.41, 5.74) is 2.42. The quantitative estimate of drug-likeness (QED) is 0.478. The second-order valence-corrected chi connectivity index (χ2v) is 5.89. The molecule has 0 aliphatic rings. The Labute approximate surface area is 143 Å². The van der Waals surface area contributed by atoms with Crippen molar-refractivity contribution in [2.24, 2.45) is 0 Å². The molecule has 0 aliphatic heterocycles. The summed E-state index contributed by atoms with van der Waals surface area (Å²) >= 11 is 0. The van der Waals surface area contributed by atoms with Gasteiger partial charge in [0.05, 0.1) is 11.0 Å². The number of fused-ring (bicyclic) bond motifs is 4. The number of hydrogen-bond acceptors (Lipinski definition) is 4. The van der Waals surface area contributed by atoms with Gasteiger partial charge in [-0.05, 0) is 30.5 Å². The number of aromatic nitrogens is 4. The van der Waals surface area contributed by atoms with Crippen molar-refractivity contribution in [3.8, 4) is 11.6 Å². The second-order valence-electron chi connectivity index (χ2n) is 5.89. The van der Waals surface area contributed by atoms with E-state index >= 15 is 0 Å². The number of rotatable bonds is 2. The van der Waals surface area contributed by atoms with Crippen molar-refractivity contribution in [2.45, 2.75) is 6.92 Å². The molecule has 5 nitrogen and oxygen atoms in total. The highest BCUT2D eigenvalue weighted by Crippen LogP contribution is 2.32. The molecule has 0 aliphatic carbocycles.